The van der Waals surface area contributed by atoms with E-state index < -0.39 is 5.97 Å². The summed E-state index contributed by atoms with van der Waals surface area (Å²) in [4.78, 5) is 13.0. The van der Waals surface area contributed by atoms with Crippen molar-refractivity contribution >= 4 is 5.97 Å². The smallest absolute Gasteiger partial charge is 0.347 e. The van der Waals surface area contributed by atoms with Crippen LogP contribution in [-0.2, 0) is 6.61 Å². The lowest BCUT2D eigenvalue weighted by Crippen LogP contribution is -2.16. The quantitative estimate of drug-likeness (QED) is 0.465. The summed E-state index contributed by atoms with van der Waals surface area (Å²) in [5, 5.41) is 3.52. The topological polar surface area (TPSA) is 47.6 Å². The van der Waals surface area contributed by atoms with Crippen molar-refractivity contribution in [2.45, 2.75) is 32.4 Å². The zero-order chi connectivity index (χ0) is 20.1. The molecule has 1 atom stereocenters. The molecule has 0 radical (unpaired) electrons. The highest BCUT2D eigenvalue weighted by Crippen LogP contribution is 2.32. The maximum atomic E-state index is 13.0. The number of rotatable bonds is 6. The normalized spacial score (nSPS) is 15.8. The van der Waals surface area contributed by atoms with Gasteiger partial charge in [-0.1, -0.05) is 54.6 Å². The zero-order valence-corrected chi connectivity index (χ0v) is 16.6. The number of aryl methyl sites for hydroxylation is 1. The Labute approximate surface area is 171 Å². The highest BCUT2D eigenvalue weighted by molar-refractivity contribution is 5.95. The Morgan fingerprint density at radius 1 is 1.03 bits per heavy atom. The van der Waals surface area contributed by atoms with Crippen molar-refractivity contribution in [1.29, 1.82) is 0 Å². The molecule has 1 heterocycles. The van der Waals surface area contributed by atoms with Gasteiger partial charge < -0.3 is 14.8 Å². The van der Waals surface area contributed by atoms with Crippen LogP contribution < -0.4 is 14.8 Å². The summed E-state index contributed by atoms with van der Waals surface area (Å²) in [5.74, 6) is 0.689. The highest BCUT2D eigenvalue weighted by Gasteiger charge is 2.23. The molecule has 0 bridgehead atoms. The van der Waals surface area contributed by atoms with Crippen LogP contribution in [0.3, 0.4) is 0 Å². The van der Waals surface area contributed by atoms with Gasteiger partial charge in [-0.15, -0.1) is 0 Å². The molecule has 1 aliphatic heterocycles. The van der Waals surface area contributed by atoms with Gasteiger partial charge in [0.15, 0.2) is 0 Å². The van der Waals surface area contributed by atoms with Gasteiger partial charge in [-0.25, -0.2) is 4.79 Å². The predicted molar refractivity (Wildman–Crippen MR) is 113 cm³/mol. The summed E-state index contributed by atoms with van der Waals surface area (Å²) in [6.07, 6.45) is 2.24. The fourth-order valence-corrected chi connectivity index (χ4v) is 3.71. The minimum absolute atomic E-state index is 0.298. The molecule has 4 nitrogen and oxygen atoms in total. The fourth-order valence-electron chi connectivity index (χ4n) is 3.71. The summed E-state index contributed by atoms with van der Waals surface area (Å²) in [6.45, 7) is 3.35. The molecule has 1 fully saturated rings. The third-order valence-corrected chi connectivity index (χ3v) is 5.18. The number of hydrogen-bond donors (Lipinski definition) is 1. The molecule has 29 heavy (non-hydrogen) atoms. The van der Waals surface area contributed by atoms with Crippen LogP contribution in [0.5, 0.6) is 11.5 Å². The number of nitrogens with one attached hydrogen (secondary N) is 1. The molecular weight excluding hydrogens is 362 g/mol. The van der Waals surface area contributed by atoms with Crippen LogP contribution in [0.4, 0.5) is 0 Å². The molecule has 1 aliphatic rings. The molecular formula is C25H25NO3. The number of esters is 1. The van der Waals surface area contributed by atoms with Crippen LogP contribution in [0.25, 0.3) is 0 Å². The van der Waals surface area contributed by atoms with E-state index in [1.165, 1.54) is 0 Å². The molecule has 3 aromatic carbocycles. The van der Waals surface area contributed by atoms with Crippen molar-refractivity contribution in [3.05, 3.63) is 95.1 Å². The average Bonchev–Trinajstić information content (AvgIpc) is 3.28. The van der Waals surface area contributed by atoms with Crippen LogP contribution in [0.15, 0.2) is 72.8 Å². The van der Waals surface area contributed by atoms with Gasteiger partial charge in [0, 0.05) is 6.04 Å². The first-order chi connectivity index (χ1) is 14.2. The van der Waals surface area contributed by atoms with E-state index in [-0.39, 0.29) is 0 Å². The Balaban J connectivity index is 1.64. The van der Waals surface area contributed by atoms with Crippen LogP contribution in [0.2, 0.25) is 0 Å². The number of benzene rings is 3. The number of carbonyl (C=O) groups is 1. The van der Waals surface area contributed by atoms with E-state index in [1.54, 1.807) is 12.1 Å². The van der Waals surface area contributed by atoms with Gasteiger partial charge in [-0.05, 0) is 61.2 Å². The minimum Gasteiger partial charge on any atom is -0.488 e. The SMILES string of the molecule is Cc1cc(C2CCCN2)cc(OCc2ccccc2)c1C(=O)Oc1ccccc1. The number of carbonyl (C=O) groups excluding carboxylic acids is 1. The van der Waals surface area contributed by atoms with E-state index in [2.05, 4.69) is 11.4 Å². The van der Waals surface area contributed by atoms with Crippen LogP contribution in [0, 0.1) is 6.92 Å². The largest absolute Gasteiger partial charge is 0.488 e. The standard InChI is InChI=1S/C25H25NO3/c1-18-15-20(22-13-8-14-26-22)16-23(28-17-19-9-4-2-5-10-19)24(18)25(27)29-21-11-6-3-7-12-21/h2-7,9-12,15-16,22,26H,8,13-14,17H2,1H3. The van der Waals surface area contributed by atoms with Crippen LogP contribution in [-0.4, -0.2) is 12.5 Å². The van der Waals surface area contributed by atoms with E-state index in [0.29, 0.717) is 29.7 Å². The first-order valence-corrected chi connectivity index (χ1v) is 10.0. The van der Waals surface area contributed by atoms with Gasteiger partial charge in [-0.3, -0.25) is 0 Å². The van der Waals surface area contributed by atoms with E-state index >= 15 is 0 Å². The molecule has 0 saturated carbocycles. The third-order valence-electron chi connectivity index (χ3n) is 5.18. The Morgan fingerprint density at radius 3 is 2.45 bits per heavy atom. The van der Waals surface area contributed by atoms with Crippen molar-refractivity contribution < 1.29 is 14.3 Å². The Morgan fingerprint density at radius 2 is 1.76 bits per heavy atom. The van der Waals surface area contributed by atoms with Crippen LogP contribution >= 0.6 is 0 Å². The lowest BCUT2D eigenvalue weighted by Gasteiger charge is -2.18. The van der Waals surface area contributed by atoms with Crippen molar-refractivity contribution in [1.82, 2.24) is 5.32 Å². The Kier molecular flexibility index (Phi) is 5.92. The van der Waals surface area contributed by atoms with Crippen molar-refractivity contribution in [2.24, 2.45) is 0 Å². The van der Waals surface area contributed by atoms with E-state index in [4.69, 9.17) is 9.47 Å². The highest BCUT2D eigenvalue weighted by atomic mass is 16.5. The molecule has 1 saturated heterocycles. The summed E-state index contributed by atoms with van der Waals surface area (Å²) < 4.78 is 11.7. The van der Waals surface area contributed by atoms with Crippen molar-refractivity contribution in [3.63, 3.8) is 0 Å². The summed E-state index contributed by atoms with van der Waals surface area (Å²) in [7, 11) is 0. The van der Waals surface area contributed by atoms with E-state index in [1.807, 2.05) is 61.5 Å². The maximum absolute atomic E-state index is 13.0. The van der Waals surface area contributed by atoms with Gasteiger partial charge in [0.25, 0.3) is 0 Å². The molecule has 3 aromatic rings. The van der Waals surface area contributed by atoms with Gasteiger partial charge in [-0.2, -0.15) is 0 Å². The molecule has 0 aliphatic carbocycles. The molecule has 1 N–H and O–H groups in total. The molecule has 1 unspecified atom stereocenters. The Bertz CT molecular complexity index is 964. The predicted octanol–water partition coefficient (Wildman–Crippen LogP) is 5.22. The zero-order valence-electron chi connectivity index (χ0n) is 16.6. The lowest BCUT2D eigenvalue weighted by atomic mass is 9.98. The summed E-state index contributed by atoms with van der Waals surface area (Å²) in [5.41, 5.74) is 3.54. The third kappa shape index (κ3) is 4.66. The van der Waals surface area contributed by atoms with Crippen LogP contribution in [0.1, 0.15) is 45.9 Å². The monoisotopic (exact) mass is 387 g/mol. The average molecular weight is 387 g/mol. The number of ether oxygens (including phenoxy) is 2. The van der Waals surface area contributed by atoms with Gasteiger partial charge in [0.05, 0.1) is 0 Å². The lowest BCUT2D eigenvalue weighted by molar-refractivity contribution is 0.0729. The Hall–Kier alpha value is -3.11. The first-order valence-electron chi connectivity index (χ1n) is 10.0. The molecule has 0 amide bonds. The summed E-state index contributed by atoms with van der Waals surface area (Å²) >= 11 is 0. The second kappa shape index (κ2) is 8.93. The maximum Gasteiger partial charge on any atom is 0.347 e. The molecule has 148 valence electrons. The second-order valence-electron chi connectivity index (χ2n) is 7.34. The molecule has 4 rings (SSSR count). The summed E-state index contributed by atoms with van der Waals surface area (Å²) in [6, 6.07) is 23.4. The number of hydrogen-bond acceptors (Lipinski definition) is 4. The molecule has 0 aromatic heterocycles. The van der Waals surface area contributed by atoms with E-state index in [9.17, 15) is 4.79 Å². The van der Waals surface area contributed by atoms with Gasteiger partial charge >= 0.3 is 5.97 Å². The number of para-hydroxylation sites is 1. The van der Waals surface area contributed by atoms with Gasteiger partial charge in [0.1, 0.15) is 23.7 Å². The fraction of sp³-hybridized carbons (Fsp3) is 0.240. The first kappa shape index (κ1) is 19.2. The molecule has 4 heteroatoms. The van der Waals surface area contributed by atoms with Crippen molar-refractivity contribution in [3.8, 4) is 11.5 Å². The minimum atomic E-state index is -0.400. The van der Waals surface area contributed by atoms with Gasteiger partial charge in [0.2, 0.25) is 0 Å². The second-order valence-corrected chi connectivity index (χ2v) is 7.34. The van der Waals surface area contributed by atoms with E-state index in [0.717, 1.165) is 36.1 Å². The molecule has 0 spiro atoms. The van der Waals surface area contributed by atoms with Crippen molar-refractivity contribution in [2.75, 3.05) is 6.54 Å².